The van der Waals surface area contributed by atoms with Gasteiger partial charge in [0.05, 0.1) is 17.2 Å². The van der Waals surface area contributed by atoms with E-state index in [9.17, 15) is 0 Å². The highest BCUT2D eigenvalue weighted by Crippen LogP contribution is 2.46. The van der Waals surface area contributed by atoms with Gasteiger partial charge in [-0.1, -0.05) is 39.8 Å². The maximum atomic E-state index is 4.69. The van der Waals surface area contributed by atoms with E-state index >= 15 is 0 Å². The normalized spacial score (nSPS) is 21.3. The van der Waals surface area contributed by atoms with Gasteiger partial charge in [0.15, 0.2) is 0 Å². The Kier molecular flexibility index (Phi) is 3.39. The Morgan fingerprint density at radius 3 is 2.29 bits per heavy atom. The Balaban J connectivity index is 1.81. The van der Waals surface area contributed by atoms with Crippen LogP contribution in [0.4, 0.5) is 5.82 Å². The van der Waals surface area contributed by atoms with Gasteiger partial charge in [-0.25, -0.2) is 4.98 Å². The Morgan fingerprint density at radius 1 is 1.00 bits per heavy atom. The zero-order valence-electron chi connectivity index (χ0n) is 13.5. The monoisotopic (exact) mass is 283 g/mol. The fourth-order valence-electron chi connectivity index (χ4n) is 4.18. The van der Waals surface area contributed by atoms with Crippen LogP contribution < -0.4 is 5.32 Å². The van der Waals surface area contributed by atoms with Crippen LogP contribution in [0.15, 0.2) is 30.5 Å². The summed E-state index contributed by atoms with van der Waals surface area (Å²) >= 11 is 0. The van der Waals surface area contributed by atoms with Gasteiger partial charge in [0.1, 0.15) is 5.82 Å². The van der Waals surface area contributed by atoms with E-state index in [0.29, 0.717) is 16.9 Å². The van der Waals surface area contributed by atoms with Gasteiger partial charge in [-0.3, -0.25) is 4.98 Å². The number of hydrogen-bond donors (Lipinski definition) is 1. The van der Waals surface area contributed by atoms with Crippen LogP contribution in [0.25, 0.3) is 11.0 Å². The van der Waals surface area contributed by atoms with E-state index in [-0.39, 0.29) is 0 Å². The summed E-state index contributed by atoms with van der Waals surface area (Å²) in [6, 6.07) is 8.49. The molecule has 1 aromatic heterocycles. The Morgan fingerprint density at radius 2 is 1.62 bits per heavy atom. The number of nitrogens with zero attached hydrogens (tertiary/aromatic N) is 2. The SMILES string of the molecule is CC1(C)CC(Nc2cnc3ccccc3n2)CC(C)(C)C1. The van der Waals surface area contributed by atoms with Crippen molar-refractivity contribution in [1.29, 1.82) is 0 Å². The molecule has 3 heteroatoms. The minimum atomic E-state index is 0.379. The minimum absolute atomic E-state index is 0.379. The summed E-state index contributed by atoms with van der Waals surface area (Å²) in [5.41, 5.74) is 2.66. The molecule has 0 spiro atoms. The van der Waals surface area contributed by atoms with Crippen LogP contribution in [0.3, 0.4) is 0 Å². The molecule has 1 aromatic carbocycles. The van der Waals surface area contributed by atoms with Crippen LogP contribution in [0.2, 0.25) is 0 Å². The summed E-state index contributed by atoms with van der Waals surface area (Å²) in [5, 5.41) is 3.61. The highest BCUT2D eigenvalue weighted by atomic mass is 15.0. The van der Waals surface area contributed by atoms with Crippen molar-refractivity contribution in [3.05, 3.63) is 30.5 Å². The van der Waals surface area contributed by atoms with Crippen molar-refractivity contribution in [3.8, 4) is 0 Å². The van der Waals surface area contributed by atoms with E-state index in [0.717, 1.165) is 16.9 Å². The van der Waals surface area contributed by atoms with Crippen LogP contribution in [-0.2, 0) is 0 Å². The first kappa shape index (κ1) is 14.3. The van der Waals surface area contributed by atoms with Crippen molar-refractivity contribution in [3.63, 3.8) is 0 Å². The summed E-state index contributed by atoms with van der Waals surface area (Å²) in [7, 11) is 0. The molecule has 1 saturated carbocycles. The molecule has 1 aliphatic carbocycles. The molecular formula is C18H25N3. The first-order valence-electron chi connectivity index (χ1n) is 7.81. The first-order valence-corrected chi connectivity index (χ1v) is 7.81. The molecule has 112 valence electrons. The smallest absolute Gasteiger partial charge is 0.145 e. The fraction of sp³-hybridized carbons (Fsp3) is 0.556. The van der Waals surface area contributed by atoms with E-state index < -0.39 is 0 Å². The second-order valence-corrected chi connectivity index (χ2v) is 8.00. The van der Waals surface area contributed by atoms with Crippen LogP contribution in [0.5, 0.6) is 0 Å². The minimum Gasteiger partial charge on any atom is -0.366 e. The van der Waals surface area contributed by atoms with Gasteiger partial charge in [0.25, 0.3) is 0 Å². The van der Waals surface area contributed by atoms with Crippen LogP contribution in [0, 0.1) is 10.8 Å². The molecule has 0 atom stereocenters. The summed E-state index contributed by atoms with van der Waals surface area (Å²) in [6.07, 6.45) is 5.51. The molecule has 1 fully saturated rings. The summed E-state index contributed by atoms with van der Waals surface area (Å²) < 4.78 is 0. The van der Waals surface area contributed by atoms with Crippen molar-refractivity contribution < 1.29 is 0 Å². The van der Waals surface area contributed by atoms with Crippen LogP contribution in [-0.4, -0.2) is 16.0 Å². The molecule has 0 amide bonds. The summed E-state index contributed by atoms with van der Waals surface area (Å²) in [4.78, 5) is 9.19. The van der Waals surface area contributed by atoms with E-state index in [1.165, 1.54) is 19.3 Å². The van der Waals surface area contributed by atoms with Crippen LogP contribution >= 0.6 is 0 Å². The lowest BCUT2D eigenvalue weighted by Gasteiger charge is -2.45. The number of para-hydroxylation sites is 2. The number of nitrogens with one attached hydrogen (secondary N) is 1. The molecule has 0 aliphatic heterocycles. The molecule has 0 radical (unpaired) electrons. The third kappa shape index (κ3) is 3.34. The van der Waals surface area contributed by atoms with Crippen molar-refractivity contribution in [1.82, 2.24) is 9.97 Å². The molecule has 0 saturated heterocycles. The van der Waals surface area contributed by atoms with E-state index in [4.69, 9.17) is 4.98 Å². The van der Waals surface area contributed by atoms with E-state index in [1.807, 2.05) is 30.5 Å². The third-order valence-electron chi connectivity index (χ3n) is 4.36. The second kappa shape index (κ2) is 4.97. The highest BCUT2D eigenvalue weighted by molar-refractivity contribution is 5.75. The standard InChI is InChI=1S/C18H25N3/c1-17(2)9-13(10-18(3,4)12-17)20-16-11-19-14-7-5-6-8-15(14)21-16/h5-8,11,13H,9-10,12H2,1-4H3,(H,20,21). The average molecular weight is 283 g/mol. The fourth-order valence-corrected chi connectivity index (χ4v) is 4.18. The lowest BCUT2D eigenvalue weighted by atomic mass is 9.63. The van der Waals surface area contributed by atoms with E-state index in [1.54, 1.807) is 0 Å². The number of aromatic nitrogens is 2. The molecule has 0 bridgehead atoms. The number of anilines is 1. The highest BCUT2D eigenvalue weighted by Gasteiger charge is 2.38. The van der Waals surface area contributed by atoms with E-state index in [2.05, 4.69) is 38.0 Å². The molecule has 3 rings (SSSR count). The van der Waals surface area contributed by atoms with Gasteiger partial charge >= 0.3 is 0 Å². The van der Waals surface area contributed by atoms with Gasteiger partial charge in [0.2, 0.25) is 0 Å². The number of benzene rings is 1. The Labute approximate surface area is 127 Å². The zero-order valence-corrected chi connectivity index (χ0v) is 13.5. The van der Waals surface area contributed by atoms with Gasteiger partial charge < -0.3 is 5.32 Å². The van der Waals surface area contributed by atoms with Crippen molar-refractivity contribution in [2.24, 2.45) is 10.8 Å². The topological polar surface area (TPSA) is 37.8 Å². The van der Waals surface area contributed by atoms with Gasteiger partial charge in [-0.2, -0.15) is 0 Å². The van der Waals surface area contributed by atoms with Gasteiger partial charge in [0, 0.05) is 6.04 Å². The molecule has 2 aromatic rings. The summed E-state index contributed by atoms with van der Waals surface area (Å²) in [5.74, 6) is 0.896. The van der Waals surface area contributed by atoms with Gasteiger partial charge in [-0.05, 0) is 42.2 Å². The Hall–Kier alpha value is -1.64. The molecule has 21 heavy (non-hydrogen) atoms. The first-order chi connectivity index (χ1) is 9.83. The predicted octanol–water partition coefficient (Wildman–Crippen LogP) is 4.65. The molecule has 1 N–H and O–H groups in total. The number of hydrogen-bond acceptors (Lipinski definition) is 3. The van der Waals surface area contributed by atoms with Crippen molar-refractivity contribution in [2.75, 3.05) is 5.32 Å². The summed E-state index contributed by atoms with van der Waals surface area (Å²) in [6.45, 7) is 9.48. The number of fused-ring (bicyclic) bond motifs is 1. The molecule has 0 unspecified atom stereocenters. The quantitative estimate of drug-likeness (QED) is 0.872. The maximum absolute atomic E-state index is 4.69. The second-order valence-electron chi connectivity index (χ2n) is 8.00. The molecular weight excluding hydrogens is 258 g/mol. The number of rotatable bonds is 2. The van der Waals surface area contributed by atoms with Crippen molar-refractivity contribution in [2.45, 2.75) is 53.0 Å². The maximum Gasteiger partial charge on any atom is 0.145 e. The predicted molar refractivity (Wildman–Crippen MR) is 88.4 cm³/mol. The van der Waals surface area contributed by atoms with Crippen molar-refractivity contribution >= 4 is 16.9 Å². The average Bonchev–Trinajstić information content (AvgIpc) is 2.34. The zero-order chi connectivity index (χ0) is 15.1. The lowest BCUT2D eigenvalue weighted by molar-refractivity contribution is 0.105. The largest absolute Gasteiger partial charge is 0.366 e. The Bertz CT molecular complexity index is 630. The molecule has 1 aliphatic rings. The molecule has 1 heterocycles. The van der Waals surface area contributed by atoms with Crippen LogP contribution in [0.1, 0.15) is 47.0 Å². The third-order valence-corrected chi connectivity index (χ3v) is 4.36. The lowest BCUT2D eigenvalue weighted by Crippen LogP contribution is -2.40. The molecule has 3 nitrogen and oxygen atoms in total. The van der Waals surface area contributed by atoms with Gasteiger partial charge in [-0.15, -0.1) is 0 Å².